The van der Waals surface area contributed by atoms with Crippen molar-refractivity contribution in [1.29, 1.82) is 0 Å². The first kappa shape index (κ1) is 16.1. The van der Waals surface area contributed by atoms with Crippen LogP contribution in [0.1, 0.15) is 0 Å². The highest BCUT2D eigenvalue weighted by Gasteiger charge is 2.25. The highest BCUT2D eigenvalue weighted by molar-refractivity contribution is 6.31. The summed E-state index contributed by atoms with van der Waals surface area (Å²) >= 11 is 5.96. The SMILES string of the molecule is COc1ccc(Cl)cc1NC(=O)CN1CC(=O)Oc2ccccc21. The van der Waals surface area contributed by atoms with Crippen LogP contribution in [0.2, 0.25) is 5.02 Å². The summed E-state index contributed by atoms with van der Waals surface area (Å²) in [6, 6.07) is 12.0. The van der Waals surface area contributed by atoms with Crippen molar-refractivity contribution in [3.8, 4) is 11.5 Å². The van der Waals surface area contributed by atoms with E-state index in [1.807, 2.05) is 6.07 Å². The molecule has 1 aliphatic heterocycles. The van der Waals surface area contributed by atoms with E-state index < -0.39 is 5.97 Å². The second-order valence-electron chi connectivity index (χ2n) is 5.19. The lowest BCUT2D eigenvalue weighted by Gasteiger charge is -2.29. The van der Waals surface area contributed by atoms with Crippen molar-refractivity contribution in [2.24, 2.45) is 0 Å². The lowest BCUT2D eigenvalue weighted by atomic mass is 10.2. The molecule has 1 N–H and O–H groups in total. The van der Waals surface area contributed by atoms with Crippen LogP contribution in [0.3, 0.4) is 0 Å². The fraction of sp³-hybridized carbons (Fsp3) is 0.176. The van der Waals surface area contributed by atoms with Crippen LogP contribution in [0.4, 0.5) is 11.4 Å². The molecule has 1 heterocycles. The van der Waals surface area contributed by atoms with Gasteiger partial charge in [-0.3, -0.25) is 4.79 Å². The summed E-state index contributed by atoms with van der Waals surface area (Å²) in [4.78, 5) is 25.7. The van der Waals surface area contributed by atoms with Crippen LogP contribution in [-0.2, 0) is 9.59 Å². The number of rotatable bonds is 4. The Morgan fingerprint density at radius 1 is 1.33 bits per heavy atom. The molecule has 0 saturated carbocycles. The third kappa shape index (κ3) is 3.44. The Balaban J connectivity index is 1.76. The number of halogens is 1. The van der Waals surface area contributed by atoms with Crippen molar-refractivity contribution in [2.75, 3.05) is 30.4 Å². The highest BCUT2D eigenvalue weighted by Crippen LogP contribution is 2.31. The number of amides is 1. The number of hydrogen-bond donors (Lipinski definition) is 1. The highest BCUT2D eigenvalue weighted by atomic mass is 35.5. The number of methoxy groups -OCH3 is 1. The van der Waals surface area contributed by atoms with Gasteiger partial charge in [-0.15, -0.1) is 0 Å². The molecule has 0 aliphatic carbocycles. The van der Waals surface area contributed by atoms with Gasteiger partial charge in [-0.25, -0.2) is 4.79 Å². The van der Waals surface area contributed by atoms with Crippen LogP contribution in [0.25, 0.3) is 0 Å². The number of benzene rings is 2. The van der Waals surface area contributed by atoms with Gasteiger partial charge >= 0.3 is 5.97 Å². The summed E-state index contributed by atoms with van der Waals surface area (Å²) in [6.45, 7) is 0.0128. The zero-order valence-electron chi connectivity index (χ0n) is 12.9. The molecule has 1 aliphatic rings. The molecule has 0 saturated heterocycles. The number of anilines is 2. The number of carbonyl (C=O) groups is 2. The zero-order valence-corrected chi connectivity index (χ0v) is 13.7. The molecule has 0 bridgehead atoms. The van der Waals surface area contributed by atoms with E-state index in [2.05, 4.69) is 5.32 Å². The lowest BCUT2D eigenvalue weighted by Crippen LogP contribution is -2.41. The van der Waals surface area contributed by atoms with Gasteiger partial charge in [0.05, 0.1) is 25.0 Å². The number of esters is 1. The van der Waals surface area contributed by atoms with E-state index in [-0.39, 0.29) is 19.0 Å². The molecule has 3 rings (SSSR count). The molecule has 2 aromatic carbocycles. The number of nitrogens with one attached hydrogen (secondary N) is 1. The van der Waals surface area contributed by atoms with E-state index in [0.29, 0.717) is 27.9 Å². The molecule has 0 fully saturated rings. The van der Waals surface area contributed by atoms with Crippen LogP contribution in [0, 0.1) is 0 Å². The van der Waals surface area contributed by atoms with Crippen LogP contribution >= 0.6 is 11.6 Å². The second-order valence-corrected chi connectivity index (χ2v) is 5.63. The predicted octanol–water partition coefficient (Wildman–Crippen LogP) is 2.71. The number of carbonyl (C=O) groups excluding carboxylic acids is 2. The molecule has 124 valence electrons. The maximum Gasteiger partial charge on any atom is 0.331 e. The summed E-state index contributed by atoms with van der Waals surface area (Å²) in [5, 5.41) is 3.24. The first-order valence-electron chi connectivity index (χ1n) is 7.25. The minimum Gasteiger partial charge on any atom is -0.495 e. The van der Waals surface area contributed by atoms with Crippen LogP contribution in [0.5, 0.6) is 11.5 Å². The van der Waals surface area contributed by atoms with Gasteiger partial charge in [-0.2, -0.15) is 0 Å². The fourth-order valence-electron chi connectivity index (χ4n) is 2.48. The van der Waals surface area contributed by atoms with E-state index >= 15 is 0 Å². The molecule has 0 aromatic heterocycles. The van der Waals surface area contributed by atoms with Gasteiger partial charge in [-0.05, 0) is 30.3 Å². The first-order chi connectivity index (χ1) is 11.6. The Morgan fingerprint density at radius 2 is 2.12 bits per heavy atom. The minimum atomic E-state index is -0.401. The summed E-state index contributed by atoms with van der Waals surface area (Å²) < 4.78 is 10.4. The smallest absolute Gasteiger partial charge is 0.331 e. The summed E-state index contributed by atoms with van der Waals surface area (Å²) in [5.74, 6) is 0.259. The molecule has 0 atom stereocenters. The van der Waals surface area contributed by atoms with Crippen molar-refractivity contribution < 1.29 is 19.1 Å². The van der Waals surface area contributed by atoms with Gasteiger partial charge in [0.25, 0.3) is 0 Å². The third-order valence-corrected chi connectivity index (χ3v) is 3.75. The zero-order chi connectivity index (χ0) is 17.1. The van der Waals surface area contributed by atoms with Crippen LogP contribution in [0.15, 0.2) is 42.5 Å². The summed E-state index contributed by atoms with van der Waals surface area (Å²) in [5.41, 5.74) is 1.17. The molecular formula is C17H15ClN2O4. The fourth-order valence-corrected chi connectivity index (χ4v) is 2.65. The number of nitrogens with zero attached hydrogens (tertiary/aromatic N) is 1. The van der Waals surface area contributed by atoms with Gasteiger partial charge in [-0.1, -0.05) is 23.7 Å². The van der Waals surface area contributed by atoms with Crippen molar-refractivity contribution in [1.82, 2.24) is 0 Å². The third-order valence-electron chi connectivity index (χ3n) is 3.52. The molecule has 0 radical (unpaired) electrons. The molecule has 2 aromatic rings. The molecule has 24 heavy (non-hydrogen) atoms. The Morgan fingerprint density at radius 3 is 2.92 bits per heavy atom. The van der Waals surface area contributed by atoms with E-state index in [1.54, 1.807) is 41.3 Å². The van der Waals surface area contributed by atoms with E-state index in [1.165, 1.54) is 7.11 Å². The van der Waals surface area contributed by atoms with Crippen molar-refractivity contribution in [3.05, 3.63) is 47.5 Å². The molecule has 1 amide bonds. The predicted molar refractivity (Wildman–Crippen MR) is 90.9 cm³/mol. The maximum absolute atomic E-state index is 12.4. The van der Waals surface area contributed by atoms with Gasteiger partial charge in [0.1, 0.15) is 12.3 Å². The Bertz CT molecular complexity index is 794. The molecule has 0 spiro atoms. The van der Waals surface area contributed by atoms with Gasteiger partial charge < -0.3 is 19.7 Å². The number of para-hydroxylation sites is 2. The van der Waals surface area contributed by atoms with Crippen molar-refractivity contribution >= 4 is 34.9 Å². The van der Waals surface area contributed by atoms with E-state index in [4.69, 9.17) is 21.1 Å². The standard InChI is InChI=1S/C17H15ClN2O4/c1-23-14-7-6-11(18)8-12(14)19-16(21)9-20-10-17(22)24-15-5-3-2-4-13(15)20/h2-8H,9-10H2,1H3,(H,19,21). The van der Waals surface area contributed by atoms with E-state index in [9.17, 15) is 9.59 Å². The quantitative estimate of drug-likeness (QED) is 0.681. The summed E-state index contributed by atoms with van der Waals surface area (Å²) in [6.07, 6.45) is 0. The van der Waals surface area contributed by atoms with E-state index in [0.717, 1.165) is 0 Å². The maximum atomic E-state index is 12.4. The normalized spacial score (nSPS) is 13.1. The molecule has 0 unspecified atom stereocenters. The Kier molecular flexibility index (Phi) is 4.57. The number of hydrogen-bond acceptors (Lipinski definition) is 5. The Hall–Kier alpha value is -2.73. The number of fused-ring (bicyclic) bond motifs is 1. The summed E-state index contributed by atoms with van der Waals surface area (Å²) in [7, 11) is 1.51. The van der Waals surface area contributed by atoms with Crippen LogP contribution < -0.4 is 19.7 Å². The van der Waals surface area contributed by atoms with Gasteiger partial charge in [0.15, 0.2) is 5.75 Å². The van der Waals surface area contributed by atoms with Crippen molar-refractivity contribution in [2.45, 2.75) is 0 Å². The molecule has 7 heteroatoms. The average Bonchev–Trinajstić information content (AvgIpc) is 2.55. The van der Waals surface area contributed by atoms with Crippen LogP contribution in [-0.4, -0.2) is 32.1 Å². The monoisotopic (exact) mass is 346 g/mol. The lowest BCUT2D eigenvalue weighted by molar-refractivity contribution is -0.133. The Labute approximate surface area is 143 Å². The largest absolute Gasteiger partial charge is 0.495 e. The average molecular weight is 347 g/mol. The topological polar surface area (TPSA) is 67.9 Å². The molecular weight excluding hydrogens is 332 g/mol. The second kappa shape index (κ2) is 6.80. The minimum absolute atomic E-state index is 0.00177. The van der Waals surface area contributed by atoms with Gasteiger partial charge in [0, 0.05) is 5.02 Å². The van der Waals surface area contributed by atoms with Crippen molar-refractivity contribution in [3.63, 3.8) is 0 Å². The number of ether oxygens (including phenoxy) is 2. The van der Waals surface area contributed by atoms with Gasteiger partial charge in [0.2, 0.25) is 5.91 Å². The first-order valence-corrected chi connectivity index (χ1v) is 7.62. The molecule has 6 nitrogen and oxygen atoms in total.